The van der Waals surface area contributed by atoms with Crippen molar-refractivity contribution in [3.05, 3.63) is 72.9 Å². The van der Waals surface area contributed by atoms with E-state index in [1.165, 1.54) is 186 Å². The molecule has 77 heavy (non-hydrogen) atoms. The molecule has 0 radical (unpaired) electrons. The van der Waals surface area contributed by atoms with E-state index in [0.717, 1.165) is 70.6 Å². The minimum absolute atomic E-state index is 0.183. The predicted octanol–water partition coefficient (Wildman–Crippen LogP) is 19.4. The summed E-state index contributed by atoms with van der Waals surface area (Å²) in [5.41, 5.74) is 0. The van der Waals surface area contributed by atoms with Crippen molar-refractivity contribution in [1.82, 2.24) is 0 Å². The highest BCUT2D eigenvalue weighted by Crippen LogP contribution is 2.17. The van der Waals surface area contributed by atoms with Crippen LogP contribution in [0.3, 0.4) is 0 Å². The summed E-state index contributed by atoms with van der Waals surface area (Å²) in [5.74, 6) is -2.00. The highest BCUT2D eigenvalue weighted by atomic mass is 16.7. The van der Waals surface area contributed by atoms with E-state index in [9.17, 15) is 19.5 Å². The maximum Gasteiger partial charge on any atom is 0.361 e. The van der Waals surface area contributed by atoms with E-state index < -0.39 is 24.3 Å². The predicted molar refractivity (Wildman–Crippen MR) is 327 cm³/mol. The highest BCUT2D eigenvalue weighted by molar-refractivity contribution is 5.71. The van der Waals surface area contributed by atoms with E-state index in [-0.39, 0.29) is 32.2 Å². The number of carbonyl (C=O) groups excluding carboxylic acids is 2. The van der Waals surface area contributed by atoms with Crippen LogP contribution in [-0.4, -0.2) is 87.4 Å². The molecule has 0 fully saturated rings. The summed E-state index contributed by atoms with van der Waals surface area (Å²) in [6.45, 7) is 4.78. The Morgan fingerprint density at radius 1 is 0.403 bits per heavy atom. The third-order valence-electron chi connectivity index (χ3n) is 13.9. The van der Waals surface area contributed by atoms with Crippen molar-refractivity contribution in [3.8, 4) is 0 Å². The van der Waals surface area contributed by atoms with Crippen molar-refractivity contribution in [2.45, 2.75) is 296 Å². The fraction of sp³-hybridized carbons (Fsp3) is 0.779. The number of ether oxygens (including phenoxy) is 4. The molecule has 0 bridgehead atoms. The first-order valence-electron chi connectivity index (χ1n) is 32.1. The molecule has 0 aromatic carbocycles. The number of carbonyl (C=O) groups is 3. The lowest BCUT2D eigenvalue weighted by Gasteiger charge is -2.25. The zero-order valence-electron chi connectivity index (χ0n) is 50.9. The van der Waals surface area contributed by atoms with Gasteiger partial charge in [0, 0.05) is 12.8 Å². The average Bonchev–Trinajstić information content (AvgIpc) is 3.40. The molecule has 2 unspecified atom stereocenters. The van der Waals surface area contributed by atoms with Crippen LogP contribution in [0.15, 0.2) is 72.9 Å². The number of hydrogen-bond acceptors (Lipinski definition) is 7. The van der Waals surface area contributed by atoms with Crippen molar-refractivity contribution in [2.24, 2.45) is 0 Å². The molecule has 0 amide bonds. The number of hydrogen-bond donors (Lipinski definition) is 1. The SMILES string of the molecule is CC/C=C\C/C=C\C/C=C\C/C=C\CCCCCCCCCCCCCCCCCCC(=O)OC(COC(=O)CCCCCCCCCCCCC/C=C\C/C=C\CCCCCCC)COC(OCC[N+](C)(C)C)C(=O)O. The lowest BCUT2D eigenvalue weighted by atomic mass is 10.0. The zero-order valence-corrected chi connectivity index (χ0v) is 50.9. The quantitative estimate of drug-likeness (QED) is 0.0211. The Morgan fingerprint density at radius 2 is 0.740 bits per heavy atom. The zero-order chi connectivity index (χ0) is 56.2. The van der Waals surface area contributed by atoms with Gasteiger partial charge in [-0.2, -0.15) is 0 Å². The molecule has 0 heterocycles. The molecule has 0 aliphatic carbocycles. The van der Waals surface area contributed by atoms with Crippen LogP contribution in [-0.2, 0) is 33.3 Å². The smallest absolute Gasteiger partial charge is 0.361 e. The van der Waals surface area contributed by atoms with Crippen molar-refractivity contribution in [3.63, 3.8) is 0 Å². The van der Waals surface area contributed by atoms with Gasteiger partial charge < -0.3 is 28.5 Å². The lowest BCUT2D eigenvalue weighted by molar-refractivity contribution is -0.870. The summed E-state index contributed by atoms with van der Waals surface area (Å²) in [6, 6.07) is 0. The molecule has 0 spiro atoms. The van der Waals surface area contributed by atoms with Crippen molar-refractivity contribution in [2.75, 3.05) is 47.5 Å². The Morgan fingerprint density at radius 3 is 1.10 bits per heavy atom. The fourth-order valence-corrected chi connectivity index (χ4v) is 9.04. The summed E-state index contributed by atoms with van der Waals surface area (Å²) >= 11 is 0. The summed E-state index contributed by atoms with van der Waals surface area (Å²) in [7, 11) is 5.98. The fourth-order valence-electron chi connectivity index (χ4n) is 9.04. The number of carboxylic acids is 1. The molecule has 0 aromatic heterocycles. The number of quaternary nitrogens is 1. The van der Waals surface area contributed by atoms with Crippen molar-refractivity contribution in [1.29, 1.82) is 0 Å². The average molecular weight is 1080 g/mol. The van der Waals surface area contributed by atoms with Gasteiger partial charge in [-0.3, -0.25) is 9.59 Å². The number of likely N-dealkylation sites (N-methyl/N-ethyl adjacent to an activating group) is 1. The molecule has 2 atom stereocenters. The Kier molecular flexibility index (Phi) is 56.4. The molecular weight excluding hydrogens is 959 g/mol. The Labute approximate surface area is 475 Å². The second kappa shape index (κ2) is 58.9. The second-order valence-corrected chi connectivity index (χ2v) is 22.7. The highest BCUT2D eigenvalue weighted by Gasteiger charge is 2.25. The minimum Gasteiger partial charge on any atom is -0.477 e. The van der Waals surface area contributed by atoms with E-state index >= 15 is 0 Å². The van der Waals surface area contributed by atoms with Crippen LogP contribution in [0.1, 0.15) is 284 Å². The number of aliphatic carboxylic acids is 1. The molecular formula is C68H122NO8+. The van der Waals surface area contributed by atoms with Crippen molar-refractivity contribution < 1.29 is 42.9 Å². The summed E-state index contributed by atoms with van der Waals surface area (Å²) < 4.78 is 23.0. The number of nitrogens with zero attached hydrogens (tertiary/aromatic N) is 1. The Bertz CT molecular complexity index is 1490. The molecule has 0 aromatic rings. The van der Waals surface area contributed by atoms with Crippen molar-refractivity contribution >= 4 is 17.9 Å². The first-order valence-corrected chi connectivity index (χ1v) is 32.1. The largest absolute Gasteiger partial charge is 0.477 e. The molecule has 0 saturated carbocycles. The number of rotatable bonds is 59. The van der Waals surface area contributed by atoms with Gasteiger partial charge >= 0.3 is 17.9 Å². The van der Waals surface area contributed by atoms with Gasteiger partial charge in [0.05, 0.1) is 34.4 Å². The van der Waals surface area contributed by atoms with Gasteiger partial charge in [-0.1, -0.05) is 260 Å². The third-order valence-corrected chi connectivity index (χ3v) is 13.9. The van der Waals surface area contributed by atoms with E-state index in [1.807, 2.05) is 21.1 Å². The van der Waals surface area contributed by atoms with Gasteiger partial charge in [0.2, 0.25) is 0 Å². The lowest BCUT2D eigenvalue weighted by Crippen LogP contribution is -2.40. The standard InChI is InChI=1S/C68H121NO8/c1-6-8-10-12-14-16-18-20-22-24-26-28-30-31-32-33-34-35-37-39-41-43-45-47-49-51-53-55-57-59-66(71)77-64(63-76-68(67(72)73)74-61-60-69(3,4)5)62-75-65(70)58-56-54-52-50-48-46-44-42-40-38-36-29-27-25-23-21-19-17-15-13-11-9-7-2/h8,10,14,16,19-22,25-28,64,68H,6-7,9,11-13,15,17-18,23-24,29-63H2,1-5H3/p+1/b10-8-,16-14-,21-19-,22-20-,27-25-,28-26-. The van der Waals surface area contributed by atoms with E-state index in [1.54, 1.807) is 0 Å². The van der Waals surface area contributed by atoms with Crippen LogP contribution in [0, 0.1) is 0 Å². The van der Waals surface area contributed by atoms with Crippen LogP contribution in [0.2, 0.25) is 0 Å². The number of esters is 2. The van der Waals surface area contributed by atoms with Crippen LogP contribution in [0.4, 0.5) is 0 Å². The number of unbranched alkanes of at least 4 members (excludes halogenated alkanes) is 32. The van der Waals surface area contributed by atoms with E-state index in [2.05, 4.69) is 86.8 Å². The third kappa shape index (κ3) is 60.2. The molecule has 0 rings (SSSR count). The first kappa shape index (κ1) is 73.7. The molecule has 9 nitrogen and oxygen atoms in total. The molecule has 9 heteroatoms. The summed E-state index contributed by atoms with van der Waals surface area (Å²) in [6.07, 6.45) is 74.2. The normalized spacial score (nSPS) is 13.2. The van der Waals surface area contributed by atoms with Gasteiger partial charge in [-0.05, 0) is 83.5 Å². The van der Waals surface area contributed by atoms with Gasteiger partial charge in [0.25, 0.3) is 6.29 Å². The Hall–Kier alpha value is -3.27. The van der Waals surface area contributed by atoms with Crippen LogP contribution in [0.25, 0.3) is 0 Å². The van der Waals surface area contributed by atoms with Crippen LogP contribution in [0.5, 0.6) is 0 Å². The maximum absolute atomic E-state index is 12.9. The number of carboxylic acid groups (broad SMARTS) is 1. The first-order chi connectivity index (χ1) is 37.6. The number of allylic oxidation sites excluding steroid dienone is 12. The molecule has 0 saturated heterocycles. The summed E-state index contributed by atoms with van der Waals surface area (Å²) in [4.78, 5) is 37.5. The van der Waals surface area contributed by atoms with Gasteiger partial charge in [0.1, 0.15) is 13.2 Å². The molecule has 1 N–H and O–H groups in total. The second-order valence-electron chi connectivity index (χ2n) is 22.7. The van der Waals surface area contributed by atoms with Crippen LogP contribution >= 0.6 is 0 Å². The van der Waals surface area contributed by atoms with Gasteiger partial charge in [0.15, 0.2) is 6.10 Å². The summed E-state index contributed by atoms with van der Waals surface area (Å²) in [5, 5.41) is 9.73. The topological polar surface area (TPSA) is 108 Å². The Balaban J connectivity index is 4.16. The molecule has 0 aliphatic heterocycles. The van der Waals surface area contributed by atoms with Crippen LogP contribution < -0.4 is 0 Å². The van der Waals surface area contributed by atoms with E-state index in [4.69, 9.17) is 18.9 Å². The monoisotopic (exact) mass is 1080 g/mol. The van der Waals surface area contributed by atoms with Gasteiger partial charge in [-0.25, -0.2) is 4.79 Å². The van der Waals surface area contributed by atoms with E-state index in [0.29, 0.717) is 17.4 Å². The van der Waals surface area contributed by atoms with Gasteiger partial charge in [-0.15, -0.1) is 0 Å². The molecule has 446 valence electrons. The molecule has 0 aliphatic rings. The maximum atomic E-state index is 12.9. The minimum atomic E-state index is -1.51.